The summed E-state index contributed by atoms with van der Waals surface area (Å²) in [6.07, 6.45) is 6.70. The van der Waals surface area contributed by atoms with Gasteiger partial charge in [-0.2, -0.15) is 5.01 Å². The van der Waals surface area contributed by atoms with Crippen molar-refractivity contribution in [1.29, 1.82) is 0 Å². The number of furan rings is 1. The number of thioether (sulfide) groups is 1. The van der Waals surface area contributed by atoms with Gasteiger partial charge in [-0.25, -0.2) is 15.0 Å². The smallest absolute Gasteiger partial charge is 0.337 e. The van der Waals surface area contributed by atoms with E-state index < -0.39 is 17.9 Å². The van der Waals surface area contributed by atoms with Gasteiger partial charge in [-0.05, 0) is 55.4 Å². The van der Waals surface area contributed by atoms with Crippen LogP contribution in [0.15, 0.2) is 39.7 Å². The maximum atomic E-state index is 12.8. The predicted molar refractivity (Wildman–Crippen MR) is 130 cm³/mol. The zero-order valence-corrected chi connectivity index (χ0v) is 19.7. The number of carboxylic acid groups (broad SMARTS) is 1. The monoisotopic (exact) mass is 505 g/mol. The van der Waals surface area contributed by atoms with E-state index in [0.29, 0.717) is 22.0 Å². The van der Waals surface area contributed by atoms with E-state index in [9.17, 15) is 19.5 Å². The van der Waals surface area contributed by atoms with E-state index in [2.05, 4.69) is 10.7 Å². The minimum absolute atomic E-state index is 0.0365. The summed E-state index contributed by atoms with van der Waals surface area (Å²) in [5.41, 5.74) is 3.02. The molecule has 3 amide bonds. The number of hydrogen-bond acceptors (Lipinski definition) is 6. The summed E-state index contributed by atoms with van der Waals surface area (Å²) in [4.78, 5) is 36.7. The molecule has 1 aliphatic heterocycles. The van der Waals surface area contributed by atoms with E-state index >= 15 is 0 Å². The van der Waals surface area contributed by atoms with Crippen LogP contribution in [0.2, 0.25) is 5.02 Å². The Balaban J connectivity index is 1.45. The molecule has 11 heteroatoms. The number of urea groups is 1. The molecule has 1 saturated carbocycles. The highest BCUT2D eigenvalue weighted by Gasteiger charge is 2.34. The van der Waals surface area contributed by atoms with Crippen LogP contribution in [0.3, 0.4) is 0 Å². The number of carbonyl (C=O) groups is 3. The molecule has 8 nitrogen and oxygen atoms in total. The highest BCUT2D eigenvalue weighted by atomic mass is 35.5. The van der Waals surface area contributed by atoms with E-state index in [0.717, 1.165) is 42.5 Å². The lowest BCUT2D eigenvalue weighted by Gasteiger charge is -2.24. The lowest BCUT2D eigenvalue weighted by Crippen LogP contribution is -2.51. The summed E-state index contributed by atoms with van der Waals surface area (Å²) in [7, 11) is 0. The predicted octanol–water partition coefficient (Wildman–Crippen LogP) is 5.05. The van der Waals surface area contributed by atoms with Gasteiger partial charge in [-0.1, -0.05) is 42.6 Å². The molecule has 0 unspecified atom stereocenters. The lowest BCUT2D eigenvalue weighted by atomic mass is 9.96. The van der Waals surface area contributed by atoms with Crippen molar-refractivity contribution in [2.45, 2.75) is 38.1 Å². The fraction of sp³-hybridized carbons (Fsp3) is 0.273. The molecule has 2 fully saturated rings. The molecular formula is C22H20ClN3O5S2. The second-order valence-electron chi connectivity index (χ2n) is 7.64. The van der Waals surface area contributed by atoms with Gasteiger partial charge in [-0.15, -0.1) is 0 Å². The Hall–Kier alpha value is -2.82. The average molecular weight is 506 g/mol. The number of rotatable bonds is 5. The van der Waals surface area contributed by atoms with Gasteiger partial charge in [0.1, 0.15) is 11.5 Å². The maximum absolute atomic E-state index is 12.8. The number of aromatic carboxylic acids is 1. The number of thiocarbonyl (C=S) groups is 1. The maximum Gasteiger partial charge on any atom is 0.337 e. The molecule has 33 heavy (non-hydrogen) atoms. The van der Waals surface area contributed by atoms with Crippen molar-refractivity contribution in [2.24, 2.45) is 0 Å². The number of halogens is 1. The third-order valence-electron chi connectivity index (χ3n) is 5.33. The quantitative estimate of drug-likeness (QED) is 0.385. The number of carbonyl (C=O) groups excluding carboxylic acids is 2. The third kappa shape index (κ3) is 5.40. The van der Waals surface area contributed by atoms with Crippen molar-refractivity contribution >= 4 is 63.9 Å². The number of amides is 3. The van der Waals surface area contributed by atoms with Crippen LogP contribution in [0.4, 0.5) is 4.79 Å². The number of carboxylic acids is 1. The molecule has 3 N–H and O–H groups in total. The molecule has 2 aromatic rings. The number of benzene rings is 1. The van der Waals surface area contributed by atoms with Crippen LogP contribution in [-0.2, 0) is 4.79 Å². The summed E-state index contributed by atoms with van der Waals surface area (Å²) in [6.45, 7) is 0. The first-order chi connectivity index (χ1) is 15.8. The Morgan fingerprint density at radius 1 is 1.21 bits per heavy atom. The molecule has 1 aromatic carbocycles. The summed E-state index contributed by atoms with van der Waals surface area (Å²) < 4.78 is 5.98. The van der Waals surface area contributed by atoms with Crippen LogP contribution in [0.1, 0.15) is 48.2 Å². The Bertz CT molecular complexity index is 1160. The molecule has 4 rings (SSSR count). The molecule has 0 radical (unpaired) electrons. The van der Waals surface area contributed by atoms with Gasteiger partial charge >= 0.3 is 12.0 Å². The van der Waals surface area contributed by atoms with Crippen LogP contribution in [-0.4, -0.2) is 38.4 Å². The molecular weight excluding hydrogens is 486 g/mol. The van der Waals surface area contributed by atoms with Gasteiger partial charge in [0.15, 0.2) is 4.32 Å². The Morgan fingerprint density at radius 3 is 2.70 bits per heavy atom. The zero-order valence-electron chi connectivity index (χ0n) is 17.3. The molecule has 1 saturated heterocycles. The zero-order chi connectivity index (χ0) is 23.5. The van der Waals surface area contributed by atoms with Crippen molar-refractivity contribution in [1.82, 2.24) is 15.8 Å². The fourth-order valence-electron chi connectivity index (χ4n) is 3.69. The first kappa shape index (κ1) is 23.3. The second-order valence-corrected chi connectivity index (χ2v) is 9.72. The minimum atomic E-state index is -1.14. The van der Waals surface area contributed by atoms with Crippen molar-refractivity contribution in [2.75, 3.05) is 0 Å². The van der Waals surface area contributed by atoms with E-state index in [-0.39, 0.29) is 20.9 Å². The van der Waals surface area contributed by atoms with Crippen LogP contribution >= 0.6 is 35.6 Å². The van der Waals surface area contributed by atoms with Gasteiger partial charge in [0.2, 0.25) is 0 Å². The number of nitrogens with one attached hydrogen (secondary N) is 2. The Labute approximate surface area is 204 Å². The van der Waals surface area contributed by atoms with Crippen LogP contribution in [0.25, 0.3) is 17.4 Å². The lowest BCUT2D eigenvalue weighted by molar-refractivity contribution is -0.123. The summed E-state index contributed by atoms with van der Waals surface area (Å²) in [6, 6.07) is 7.50. The standard InChI is InChI=1S/C22H20ClN3O5S2/c23-16-8-6-12(10-15(16)20(28)29)17-9-7-14(31-17)11-18-19(27)26(22(32)33-18)25-21(30)24-13-4-2-1-3-5-13/h6-11,13H,1-5H2,(H,28,29)(H2,24,25,30)/b18-11+. The van der Waals surface area contributed by atoms with E-state index in [1.165, 1.54) is 24.6 Å². The topological polar surface area (TPSA) is 112 Å². The number of hydrogen-bond donors (Lipinski definition) is 3. The second kappa shape index (κ2) is 9.98. The summed E-state index contributed by atoms with van der Waals surface area (Å²) >= 11 is 12.2. The normalized spacial score (nSPS) is 18.1. The van der Waals surface area contributed by atoms with Gasteiger partial charge < -0.3 is 14.8 Å². The van der Waals surface area contributed by atoms with Crippen LogP contribution in [0, 0.1) is 0 Å². The molecule has 172 valence electrons. The Kier molecular flexibility index (Phi) is 7.06. The van der Waals surface area contributed by atoms with Gasteiger partial charge in [0.25, 0.3) is 5.91 Å². The van der Waals surface area contributed by atoms with E-state index in [1.807, 2.05) is 0 Å². The van der Waals surface area contributed by atoms with E-state index in [1.54, 1.807) is 18.2 Å². The molecule has 0 bridgehead atoms. The molecule has 2 aliphatic rings. The summed E-state index contributed by atoms with van der Waals surface area (Å²) in [5.74, 6) is -0.802. The van der Waals surface area contributed by atoms with Crippen molar-refractivity contribution in [3.05, 3.63) is 51.6 Å². The Morgan fingerprint density at radius 2 is 1.97 bits per heavy atom. The number of hydrazine groups is 1. The van der Waals surface area contributed by atoms with E-state index in [4.69, 9.17) is 28.2 Å². The SMILES string of the molecule is O=C(NC1CCCCC1)NN1C(=O)/C(=C\c2ccc(-c3ccc(Cl)c(C(=O)O)c3)o2)SC1=S. The van der Waals surface area contributed by atoms with Crippen LogP contribution < -0.4 is 10.7 Å². The third-order valence-corrected chi connectivity index (χ3v) is 6.96. The van der Waals surface area contributed by atoms with Crippen molar-refractivity contribution in [3.8, 4) is 11.3 Å². The molecule has 0 spiro atoms. The molecule has 1 aliphatic carbocycles. The van der Waals surface area contributed by atoms with Crippen LogP contribution in [0.5, 0.6) is 0 Å². The van der Waals surface area contributed by atoms with Gasteiger partial charge in [0.05, 0.1) is 15.5 Å². The first-order valence-electron chi connectivity index (χ1n) is 10.3. The molecule has 1 aromatic heterocycles. The van der Waals surface area contributed by atoms with Gasteiger partial charge in [0, 0.05) is 17.7 Å². The van der Waals surface area contributed by atoms with Crippen molar-refractivity contribution in [3.63, 3.8) is 0 Å². The highest BCUT2D eigenvalue weighted by Crippen LogP contribution is 2.33. The largest absolute Gasteiger partial charge is 0.478 e. The minimum Gasteiger partial charge on any atom is -0.478 e. The first-order valence-corrected chi connectivity index (χ1v) is 11.9. The molecule has 0 atom stereocenters. The van der Waals surface area contributed by atoms with Gasteiger partial charge in [-0.3, -0.25) is 4.79 Å². The molecule has 2 heterocycles. The number of nitrogens with zero attached hydrogens (tertiary/aromatic N) is 1. The fourth-order valence-corrected chi connectivity index (χ4v) is 5.05. The summed E-state index contributed by atoms with van der Waals surface area (Å²) in [5, 5.41) is 13.3. The average Bonchev–Trinajstić information content (AvgIpc) is 3.35. The van der Waals surface area contributed by atoms with Crippen molar-refractivity contribution < 1.29 is 23.9 Å². The highest BCUT2D eigenvalue weighted by molar-refractivity contribution is 8.26.